The third-order valence-corrected chi connectivity index (χ3v) is 5.65. The van der Waals surface area contributed by atoms with Crippen molar-refractivity contribution in [1.82, 2.24) is 5.06 Å². The Balaban J connectivity index is 0.000000186. The molecule has 2 nitrogen and oxygen atoms in total. The van der Waals surface area contributed by atoms with Crippen LogP contribution in [0.15, 0.2) is 121 Å². The zero-order valence-corrected chi connectivity index (χ0v) is 20.0. The summed E-state index contributed by atoms with van der Waals surface area (Å²) in [7, 11) is 1.71. The van der Waals surface area contributed by atoms with Gasteiger partial charge in [-0.15, -0.1) is 0 Å². The lowest BCUT2D eigenvalue weighted by Gasteiger charge is -2.21. The van der Waals surface area contributed by atoms with Crippen molar-refractivity contribution in [2.45, 2.75) is 32.9 Å². The van der Waals surface area contributed by atoms with Crippen molar-refractivity contribution >= 4 is 0 Å². The summed E-state index contributed by atoms with van der Waals surface area (Å²) in [5.41, 5.74) is 5.32. The first-order valence-corrected chi connectivity index (χ1v) is 11.6. The van der Waals surface area contributed by atoms with E-state index in [4.69, 9.17) is 4.84 Å². The summed E-state index contributed by atoms with van der Waals surface area (Å²) in [6.07, 6.45) is 0. The van der Waals surface area contributed by atoms with Crippen LogP contribution in [-0.4, -0.2) is 12.2 Å². The SMILES string of the molecule is CC(C)C(c1ccccc1)c1ccccc1.CON(Cc1ccccc1)Cc1ccccc1. The van der Waals surface area contributed by atoms with Crippen LogP contribution in [0.1, 0.15) is 42.0 Å². The van der Waals surface area contributed by atoms with E-state index in [0.29, 0.717) is 11.8 Å². The minimum atomic E-state index is 0.502. The molecule has 2 heteroatoms. The molecule has 0 heterocycles. The van der Waals surface area contributed by atoms with Crippen LogP contribution in [0.5, 0.6) is 0 Å². The van der Waals surface area contributed by atoms with Gasteiger partial charge in [-0.05, 0) is 28.2 Å². The van der Waals surface area contributed by atoms with E-state index in [9.17, 15) is 0 Å². The Bertz CT molecular complexity index is 936. The van der Waals surface area contributed by atoms with Gasteiger partial charge >= 0.3 is 0 Å². The van der Waals surface area contributed by atoms with Crippen molar-refractivity contribution in [2.75, 3.05) is 7.11 Å². The van der Waals surface area contributed by atoms with Crippen molar-refractivity contribution in [1.29, 1.82) is 0 Å². The Hall–Kier alpha value is -3.20. The van der Waals surface area contributed by atoms with Crippen molar-refractivity contribution < 1.29 is 4.84 Å². The number of hydrogen-bond donors (Lipinski definition) is 0. The van der Waals surface area contributed by atoms with E-state index in [2.05, 4.69) is 98.8 Å². The topological polar surface area (TPSA) is 12.5 Å². The molecule has 4 aromatic carbocycles. The fraction of sp³-hybridized carbons (Fsp3) is 0.226. The summed E-state index contributed by atoms with van der Waals surface area (Å²) in [6.45, 7) is 6.16. The predicted octanol–water partition coefficient (Wildman–Crippen LogP) is 7.72. The third-order valence-electron chi connectivity index (χ3n) is 5.65. The number of rotatable bonds is 8. The fourth-order valence-electron chi connectivity index (χ4n) is 4.04. The molecule has 0 spiro atoms. The molecule has 0 amide bonds. The summed E-state index contributed by atoms with van der Waals surface area (Å²) in [6, 6.07) is 42.2. The molecule has 33 heavy (non-hydrogen) atoms. The molecule has 0 aliphatic rings. The Morgan fingerprint density at radius 3 is 1.18 bits per heavy atom. The van der Waals surface area contributed by atoms with Crippen LogP contribution in [0.3, 0.4) is 0 Å². The van der Waals surface area contributed by atoms with Crippen LogP contribution in [0.25, 0.3) is 0 Å². The molecule has 4 rings (SSSR count). The van der Waals surface area contributed by atoms with Gasteiger partial charge in [0.25, 0.3) is 0 Å². The molecule has 0 N–H and O–H groups in total. The maximum Gasteiger partial charge on any atom is 0.0575 e. The van der Waals surface area contributed by atoms with Gasteiger partial charge in [-0.25, -0.2) is 0 Å². The van der Waals surface area contributed by atoms with Gasteiger partial charge in [-0.2, -0.15) is 5.06 Å². The highest BCUT2D eigenvalue weighted by Gasteiger charge is 2.17. The summed E-state index contributed by atoms with van der Waals surface area (Å²) in [5.74, 6) is 1.12. The second-order valence-corrected chi connectivity index (χ2v) is 8.49. The maximum atomic E-state index is 5.39. The Morgan fingerprint density at radius 2 is 0.879 bits per heavy atom. The van der Waals surface area contributed by atoms with Crippen LogP contribution in [0.4, 0.5) is 0 Å². The molecule has 4 aromatic rings. The van der Waals surface area contributed by atoms with Crippen LogP contribution >= 0.6 is 0 Å². The van der Waals surface area contributed by atoms with Crippen LogP contribution < -0.4 is 0 Å². The highest BCUT2D eigenvalue weighted by atomic mass is 16.7. The van der Waals surface area contributed by atoms with Gasteiger partial charge in [0.2, 0.25) is 0 Å². The fourth-order valence-corrected chi connectivity index (χ4v) is 4.04. The van der Waals surface area contributed by atoms with E-state index >= 15 is 0 Å². The summed E-state index contributed by atoms with van der Waals surface area (Å²) >= 11 is 0. The first kappa shape index (κ1) is 24.4. The molecule has 0 bridgehead atoms. The van der Waals surface area contributed by atoms with Gasteiger partial charge in [0.15, 0.2) is 0 Å². The van der Waals surface area contributed by atoms with Crippen molar-refractivity contribution in [3.63, 3.8) is 0 Å². The molecular formula is C31H35NO. The lowest BCUT2D eigenvalue weighted by Crippen LogP contribution is -2.21. The van der Waals surface area contributed by atoms with Gasteiger partial charge < -0.3 is 4.84 Å². The molecule has 0 atom stereocenters. The van der Waals surface area contributed by atoms with E-state index in [0.717, 1.165) is 13.1 Å². The normalized spacial score (nSPS) is 10.8. The smallest absolute Gasteiger partial charge is 0.0575 e. The molecule has 0 unspecified atom stereocenters. The van der Waals surface area contributed by atoms with Crippen molar-refractivity contribution in [3.05, 3.63) is 144 Å². The standard InChI is InChI=1S/C16H18.C15H17NO/c1-13(2)16(14-9-5-3-6-10-14)15-11-7-4-8-12-15;1-17-16(12-14-8-4-2-5-9-14)13-15-10-6-3-7-11-15/h3-13,16H,1-2H3;2-11H,12-13H2,1H3. The van der Waals surface area contributed by atoms with Crippen LogP contribution in [0, 0.1) is 5.92 Å². The summed E-state index contributed by atoms with van der Waals surface area (Å²) in [5, 5.41) is 1.95. The molecule has 170 valence electrons. The first-order chi connectivity index (χ1) is 16.2. The molecular weight excluding hydrogens is 402 g/mol. The van der Waals surface area contributed by atoms with E-state index in [1.807, 2.05) is 41.5 Å². The first-order valence-electron chi connectivity index (χ1n) is 11.6. The molecule has 0 saturated carbocycles. The van der Waals surface area contributed by atoms with E-state index in [-0.39, 0.29) is 0 Å². The molecule has 0 saturated heterocycles. The van der Waals surface area contributed by atoms with E-state index < -0.39 is 0 Å². The number of hydroxylamine groups is 2. The molecule has 0 aromatic heterocycles. The Morgan fingerprint density at radius 1 is 0.545 bits per heavy atom. The van der Waals surface area contributed by atoms with Gasteiger partial charge in [0, 0.05) is 19.0 Å². The van der Waals surface area contributed by atoms with E-state index in [1.54, 1.807) is 7.11 Å². The van der Waals surface area contributed by atoms with Gasteiger partial charge in [-0.3, -0.25) is 0 Å². The highest BCUT2D eigenvalue weighted by Crippen LogP contribution is 2.31. The molecule has 0 aliphatic heterocycles. The predicted molar refractivity (Wildman–Crippen MR) is 139 cm³/mol. The monoisotopic (exact) mass is 437 g/mol. The quantitative estimate of drug-likeness (QED) is 0.262. The zero-order valence-electron chi connectivity index (χ0n) is 20.0. The average Bonchev–Trinajstić information content (AvgIpc) is 2.86. The van der Waals surface area contributed by atoms with Gasteiger partial charge in [0.05, 0.1) is 7.11 Å². The summed E-state index contributed by atoms with van der Waals surface area (Å²) < 4.78 is 0. The van der Waals surface area contributed by atoms with Crippen molar-refractivity contribution in [2.24, 2.45) is 5.92 Å². The number of nitrogens with zero attached hydrogens (tertiary/aromatic N) is 1. The second-order valence-electron chi connectivity index (χ2n) is 8.49. The zero-order chi connectivity index (χ0) is 23.3. The Kier molecular flexibility index (Phi) is 9.90. The lowest BCUT2D eigenvalue weighted by atomic mass is 9.83. The third kappa shape index (κ3) is 8.02. The number of hydrogen-bond acceptors (Lipinski definition) is 2. The van der Waals surface area contributed by atoms with Crippen LogP contribution in [0.2, 0.25) is 0 Å². The maximum absolute atomic E-state index is 5.39. The second kappa shape index (κ2) is 13.4. The summed E-state index contributed by atoms with van der Waals surface area (Å²) in [4.78, 5) is 5.39. The minimum Gasteiger partial charge on any atom is -0.302 e. The highest BCUT2D eigenvalue weighted by molar-refractivity contribution is 5.32. The molecule has 0 radical (unpaired) electrons. The van der Waals surface area contributed by atoms with Gasteiger partial charge in [-0.1, -0.05) is 135 Å². The van der Waals surface area contributed by atoms with E-state index in [1.165, 1.54) is 22.3 Å². The average molecular weight is 438 g/mol. The Labute approximate surface area is 199 Å². The number of benzene rings is 4. The molecule has 0 fully saturated rings. The lowest BCUT2D eigenvalue weighted by molar-refractivity contribution is -0.146. The largest absolute Gasteiger partial charge is 0.302 e. The molecule has 0 aliphatic carbocycles. The van der Waals surface area contributed by atoms with Crippen LogP contribution in [-0.2, 0) is 17.9 Å². The van der Waals surface area contributed by atoms with Crippen molar-refractivity contribution in [3.8, 4) is 0 Å². The minimum absolute atomic E-state index is 0.502. The van der Waals surface area contributed by atoms with Gasteiger partial charge in [0.1, 0.15) is 0 Å².